The second-order valence-corrected chi connectivity index (χ2v) is 0.925. The largest absolute Gasteiger partial charge is 0.466 e. The van der Waals surface area contributed by atoms with Gasteiger partial charge in [0.05, 0.1) is 6.61 Å². The van der Waals surface area contributed by atoms with Crippen LogP contribution in [-0.4, -0.2) is 117 Å². The fourth-order valence-electron chi connectivity index (χ4n) is 0.203. The summed E-state index contributed by atoms with van der Waals surface area (Å²) in [5.41, 5.74) is 0. The van der Waals surface area contributed by atoms with E-state index >= 15 is 0 Å². The SMILES string of the molecule is CCOC(C)=O.O.O.O.O.O.O.O.O.O.O.O.O.O.O.O.O.O.O.O. The van der Waals surface area contributed by atoms with E-state index in [0.29, 0.717) is 6.61 Å². The van der Waals surface area contributed by atoms with Crippen LogP contribution < -0.4 is 0 Å². The highest BCUT2D eigenvalue weighted by Crippen LogP contribution is 1.69. The van der Waals surface area contributed by atoms with Crippen LogP contribution in [0.3, 0.4) is 0 Å². The zero-order chi connectivity index (χ0) is 4.99. The number of ether oxygens (including phenoxy) is 1. The zero-order valence-corrected chi connectivity index (χ0v) is 13.5. The van der Waals surface area contributed by atoms with Crippen LogP contribution in [0, 0.1) is 0 Å². The molecule has 0 aromatic carbocycles. The van der Waals surface area contributed by atoms with Gasteiger partial charge in [0, 0.05) is 6.92 Å². The zero-order valence-electron chi connectivity index (χ0n) is 13.5. The lowest BCUT2D eigenvalue weighted by atomic mass is 10.8. The number of carbonyl (C=O) groups is 1. The van der Waals surface area contributed by atoms with Crippen LogP contribution in [0.1, 0.15) is 13.8 Å². The fraction of sp³-hybridized carbons (Fsp3) is 0.750. The fourth-order valence-corrected chi connectivity index (χ4v) is 0.203. The molecule has 0 spiro atoms. The van der Waals surface area contributed by atoms with Crippen LogP contribution in [0.25, 0.3) is 0 Å². The average molecular weight is 430 g/mol. The van der Waals surface area contributed by atoms with Crippen molar-refractivity contribution in [1.29, 1.82) is 0 Å². The summed E-state index contributed by atoms with van der Waals surface area (Å²) in [6.07, 6.45) is 0. The predicted molar refractivity (Wildman–Crippen MR) is 91.0 cm³/mol. The maximum Gasteiger partial charge on any atom is 0.302 e. The van der Waals surface area contributed by atoms with Gasteiger partial charge in [-0.25, -0.2) is 0 Å². The molecule has 0 radical (unpaired) electrons. The summed E-state index contributed by atoms with van der Waals surface area (Å²) in [5.74, 6) is -0.211. The molecule has 0 unspecified atom stereocenters. The molecular weight excluding hydrogens is 384 g/mol. The molecule has 188 valence electrons. The quantitative estimate of drug-likeness (QED) is 0.365. The average Bonchev–Trinajstić information content (AvgIpc) is 1.35. The second-order valence-electron chi connectivity index (χ2n) is 0.925. The first-order valence-corrected chi connectivity index (χ1v) is 1.90. The Kier molecular flexibility index (Phi) is 27600. The highest BCUT2D eigenvalue weighted by atomic mass is 16.5. The van der Waals surface area contributed by atoms with E-state index in [1.54, 1.807) is 6.92 Å². The first-order chi connectivity index (χ1) is 2.77. The molecule has 0 amide bonds. The van der Waals surface area contributed by atoms with Gasteiger partial charge in [-0.2, -0.15) is 0 Å². The number of carbonyl (C=O) groups excluding carboxylic acids is 1. The van der Waals surface area contributed by atoms with Gasteiger partial charge in [-0.05, 0) is 6.92 Å². The van der Waals surface area contributed by atoms with Gasteiger partial charge in [-0.15, -0.1) is 0 Å². The lowest BCUT2D eigenvalue weighted by molar-refractivity contribution is -0.140. The molecule has 0 aliphatic carbocycles. The van der Waals surface area contributed by atoms with Gasteiger partial charge in [0.15, 0.2) is 0 Å². The van der Waals surface area contributed by atoms with Crippen molar-refractivity contribution < 1.29 is 114 Å². The molecule has 21 heteroatoms. The Morgan fingerprint density at radius 3 is 0.600 bits per heavy atom. The molecule has 0 heterocycles. The summed E-state index contributed by atoms with van der Waals surface area (Å²) >= 11 is 0. The summed E-state index contributed by atoms with van der Waals surface area (Å²) in [5, 5.41) is 0. The normalized spacial score (nSPS) is 1.84. The van der Waals surface area contributed by atoms with Crippen molar-refractivity contribution >= 4 is 5.97 Å². The summed E-state index contributed by atoms with van der Waals surface area (Å²) in [6, 6.07) is 0. The van der Waals surface area contributed by atoms with Gasteiger partial charge >= 0.3 is 5.97 Å². The molecule has 0 aliphatic heterocycles. The molecule has 25 heavy (non-hydrogen) atoms. The Morgan fingerprint density at radius 2 is 0.600 bits per heavy atom. The Labute approximate surface area is 141 Å². The molecule has 0 saturated heterocycles. The van der Waals surface area contributed by atoms with E-state index < -0.39 is 0 Å². The van der Waals surface area contributed by atoms with Gasteiger partial charge in [0.25, 0.3) is 0 Å². The van der Waals surface area contributed by atoms with Gasteiger partial charge in [-0.3, -0.25) is 4.79 Å². The molecule has 0 saturated carbocycles. The molecule has 0 fully saturated rings. The summed E-state index contributed by atoms with van der Waals surface area (Å²) < 4.78 is 4.40. The van der Waals surface area contributed by atoms with E-state index in [-0.39, 0.29) is 110 Å². The Bertz CT molecular complexity index is 59.9. The van der Waals surface area contributed by atoms with Crippen molar-refractivity contribution in [3.8, 4) is 0 Å². The monoisotopic (exact) mass is 430 g/mol. The molecule has 0 rings (SSSR count). The highest BCUT2D eigenvalue weighted by Gasteiger charge is 1.81. The molecule has 0 aliphatic rings. The van der Waals surface area contributed by atoms with E-state index in [1.807, 2.05) is 0 Å². The smallest absolute Gasteiger partial charge is 0.302 e. The van der Waals surface area contributed by atoms with Crippen molar-refractivity contribution in [3.05, 3.63) is 0 Å². The van der Waals surface area contributed by atoms with E-state index in [0.717, 1.165) is 0 Å². The lowest BCUT2D eigenvalue weighted by Crippen LogP contribution is -1.95. The van der Waals surface area contributed by atoms with Crippen LogP contribution in [0.2, 0.25) is 0 Å². The number of hydrogen-bond acceptors (Lipinski definition) is 2. The van der Waals surface area contributed by atoms with Gasteiger partial charge in [-0.1, -0.05) is 0 Å². The summed E-state index contributed by atoms with van der Waals surface area (Å²) in [6.45, 7) is 3.65. The molecule has 0 aromatic heterocycles. The maximum atomic E-state index is 9.82. The standard InChI is InChI=1S/C4H8O2.19H2O/c1-3-6-4(2)5;;;;;;;;;;;;;;;;;;;/h3H2,1-2H3;19*1H2. The topological polar surface area (TPSA) is 625 Å². The molecule has 0 bridgehead atoms. The van der Waals surface area contributed by atoms with Crippen molar-refractivity contribution in [2.45, 2.75) is 13.8 Å². The first-order valence-electron chi connectivity index (χ1n) is 1.90. The molecule has 38 N–H and O–H groups in total. The first kappa shape index (κ1) is 888. The van der Waals surface area contributed by atoms with E-state index in [1.165, 1.54) is 6.92 Å². The minimum atomic E-state index is -0.211. The van der Waals surface area contributed by atoms with Crippen LogP contribution in [0.5, 0.6) is 0 Å². The lowest BCUT2D eigenvalue weighted by Gasteiger charge is -1.89. The number of hydrogen-bond donors (Lipinski definition) is 0. The predicted octanol–water partition coefficient (Wildman–Crippen LogP) is -15.1. The third kappa shape index (κ3) is 3330. The van der Waals surface area contributed by atoms with E-state index in [4.69, 9.17) is 0 Å². The van der Waals surface area contributed by atoms with Gasteiger partial charge < -0.3 is 109 Å². The Balaban J connectivity index is -0.000000000731. The second kappa shape index (κ2) is 778. The summed E-state index contributed by atoms with van der Waals surface area (Å²) in [7, 11) is 0. The molecular formula is C4H46O21. The molecule has 21 nitrogen and oxygen atoms in total. The summed E-state index contributed by atoms with van der Waals surface area (Å²) in [4.78, 5) is 9.82. The van der Waals surface area contributed by atoms with E-state index in [9.17, 15) is 4.79 Å². The van der Waals surface area contributed by atoms with Crippen molar-refractivity contribution in [3.63, 3.8) is 0 Å². The Morgan fingerprint density at radius 1 is 0.480 bits per heavy atom. The van der Waals surface area contributed by atoms with Crippen LogP contribution >= 0.6 is 0 Å². The third-order valence-electron chi connectivity index (χ3n) is 0.348. The number of esters is 1. The van der Waals surface area contributed by atoms with Crippen molar-refractivity contribution in [2.24, 2.45) is 0 Å². The highest BCUT2D eigenvalue weighted by molar-refractivity contribution is 5.65. The minimum absolute atomic E-state index is 0. The van der Waals surface area contributed by atoms with Gasteiger partial charge in [0.1, 0.15) is 0 Å². The van der Waals surface area contributed by atoms with Crippen LogP contribution in [0.4, 0.5) is 0 Å². The van der Waals surface area contributed by atoms with Crippen LogP contribution in [-0.2, 0) is 9.53 Å². The molecule has 0 atom stereocenters. The van der Waals surface area contributed by atoms with Crippen LogP contribution in [0.15, 0.2) is 0 Å². The third-order valence-corrected chi connectivity index (χ3v) is 0.348. The van der Waals surface area contributed by atoms with E-state index in [2.05, 4.69) is 4.74 Å². The minimum Gasteiger partial charge on any atom is -0.466 e. The van der Waals surface area contributed by atoms with Crippen molar-refractivity contribution in [1.82, 2.24) is 0 Å². The Hall–Kier alpha value is -1.29. The molecule has 0 aromatic rings. The maximum absolute atomic E-state index is 9.82. The number of rotatable bonds is 1. The van der Waals surface area contributed by atoms with Gasteiger partial charge in [0.2, 0.25) is 0 Å². The van der Waals surface area contributed by atoms with Crippen molar-refractivity contribution in [2.75, 3.05) is 6.61 Å².